The van der Waals surface area contributed by atoms with Crippen LogP contribution in [0.15, 0.2) is 29.5 Å². The van der Waals surface area contributed by atoms with E-state index >= 15 is 0 Å². The highest BCUT2D eigenvalue weighted by molar-refractivity contribution is 5.93. The van der Waals surface area contributed by atoms with Gasteiger partial charge in [0.05, 0.1) is 24.0 Å². The van der Waals surface area contributed by atoms with E-state index in [9.17, 15) is 14.3 Å². The number of ether oxygens (including phenoxy) is 1. The fourth-order valence-electron chi connectivity index (χ4n) is 3.32. The maximum Gasteiger partial charge on any atom is 0.250 e. The number of amides is 1. The number of nitrogens with zero attached hydrogens (tertiary/aromatic N) is 1. The molecule has 136 valence electrons. The second-order valence-electron chi connectivity index (χ2n) is 6.67. The first kappa shape index (κ1) is 17.7. The van der Waals surface area contributed by atoms with Gasteiger partial charge in [0.2, 0.25) is 0 Å². The molecule has 1 saturated heterocycles. The van der Waals surface area contributed by atoms with Gasteiger partial charge in [0.15, 0.2) is 0 Å². The molecule has 5 nitrogen and oxygen atoms in total. The third-order valence-corrected chi connectivity index (χ3v) is 4.86. The van der Waals surface area contributed by atoms with E-state index in [1.54, 1.807) is 13.0 Å². The van der Waals surface area contributed by atoms with Gasteiger partial charge in [0, 0.05) is 19.6 Å². The van der Waals surface area contributed by atoms with E-state index in [2.05, 4.69) is 5.32 Å². The molecule has 2 aliphatic heterocycles. The number of aliphatic hydroxyl groups excluding tert-OH is 1. The van der Waals surface area contributed by atoms with Gasteiger partial charge in [-0.05, 0) is 50.3 Å². The molecule has 3 rings (SSSR count). The average Bonchev–Trinajstić information content (AvgIpc) is 2.61. The Hall–Kier alpha value is -2.08. The molecule has 0 atom stereocenters. The van der Waals surface area contributed by atoms with Crippen molar-refractivity contribution in [3.63, 3.8) is 0 Å². The second kappa shape index (κ2) is 7.87. The molecule has 25 heavy (non-hydrogen) atoms. The van der Waals surface area contributed by atoms with Gasteiger partial charge in [-0.15, -0.1) is 0 Å². The van der Waals surface area contributed by atoms with E-state index in [0.29, 0.717) is 56.0 Å². The van der Waals surface area contributed by atoms with Crippen molar-refractivity contribution >= 4 is 11.6 Å². The van der Waals surface area contributed by atoms with E-state index in [1.807, 2.05) is 11.0 Å². The standard InChI is InChI=1S/C19H25FN2O3/c1-13-16(3-2-10-25-13)19(24)21-12-14-4-5-18(17(20)11-14)22-8-6-15(23)7-9-22/h4-5,11,15,23H,2-3,6-10,12H2,1H3,(H,21,24). The Labute approximate surface area is 147 Å². The Kier molecular flexibility index (Phi) is 5.58. The molecule has 0 radical (unpaired) electrons. The fourth-order valence-corrected chi connectivity index (χ4v) is 3.32. The Morgan fingerprint density at radius 3 is 2.84 bits per heavy atom. The van der Waals surface area contributed by atoms with Crippen LogP contribution in [0.5, 0.6) is 0 Å². The highest BCUT2D eigenvalue weighted by Crippen LogP contribution is 2.24. The number of hydrogen-bond acceptors (Lipinski definition) is 4. The molecule has 1 aromatic rings. The van der Waals surface area contributed by atoms with Gasteiger partial charge in [-0.25, -0.2) is 4.39 Å². The van der Waals surface area contributed by atoms with Gasteiger partial charge in [-0.1, -0.05) is 6.07 Å². The van der Waals surface area contributed by atoms with Crippen molar-refractivity contribution in [2.75, 3.05) is 24.6 Å². The number of allylic oxidation sites excluding steroid dienone is 1. The summed E-state index contributed by atoms with van der Waals surface area (Å²) in [7, 11) is 0. The lowest BCUT2D eigenvalue weighted by molar-refractivity contribution is -0.118. The van der Waals surface area contributed by atoms with Gasteiger partial charge in [0.25, 0.3) is 5.91 Å². The van der Waals surface area contributed by atoms with Gasteiger partial charge in [-0.3, -0.25) is 4.79 Å². The highest BCUT2D eigenvalue weighted by atomic mass is 19.1. The number of hydrogen-bond donors (Lipinski definition) is 2. The predicted octanol–water partition coefficient (Wildman–Crippen LogP) is 2.49. The van der Waals surface area contributed by atoms with Crippen LogP contribution in [0.3, 0.4) is 0 Å². The molecule has 0 saturated carbocycles. The average molecular weight is 348 g/mol. The zero-order chi connectivity index (χ0) is 17.8. The minimum absolute atomic E-state index is 0.147. The first-order valence-electron chi connectivity index (χ1n) is 8.87. The minimum atomic E-state index is -0.292. The number of aliphatic hydroxyl groups is 1. The topological polar surface area (TPSA) is 61.8 Å². The molecule has 0 aliphatic carbocycles. The summed E-state index contributed by atoms with van der Waals surface area (Å²) in [6.45, 7) is 4.05. The lowest BCUT2D eigenvalue weighted by Crippen LogP contribution is -2.36. The van der Waals surface area contributed by atoms with E-state index in [-0.39, 0.29) is 24.4 Å². The second-order valence-corrected chi connectivity index (χ2v) is 6.67. The Bertz CT molecular complexity index is 667. The van der Waals surface area contributed by atoms with Gasteiger partial charge >= 0.3 is 0 Å². The SMILES string of the molecule is CC1=C(C(=O)NCc2ccc(N3CCC(O)CC3)c(F)c2)CCCO1. The number of benzene rings is 1. The quantitative estimate of drug-likeness (QED) is 0.878. The zero-order valence-corrected chi connectivity index (χ0v) is 14.6. The summed E-state index contributed by atoms with van der Waals surface area (Å²) >= 11 is 0. The van der Waals surface area contributed by atoms with Crippen LogP contribution in [0.25, 0.3) is 0 Å². The third kappa shape index (κ3) is 4.31. The molecule has 1 fully saturated rings. The fraction of sp³-hybridized carbons (Fsp3) is 0.526. The van der Waals surface area contributed by atoms with Crippen molar-refractivity contribution in [1.82, 2.24) is 5.32 Å². The van der Waals surface area contributed by atoms with Crippen LogP contribution in [0.4, 0.5) is 10.1 Å². The number of halogens is 1. The Balaban J connectivity index is 1.60. The molecule has 0 bridgehead atoms. The van der Waals surface area contributed by atoms with Crippen molar-refractivity contribution < 1.29 is 19.0 Å². The molecule has 0 spiro atoms. The summed E-state index contributed by atoms with van der Waals surface area (Å²) in [5.41, 5.74) is 1.96. The van der Waals surface area contributed by atoms with Crippen LogP contribution in [-0.4, -0.2) is 36.8 Å². The molecule has 2 N–H and O–H groups in total. The summed E-state index contributed by atoms with van der Waals surface area (Å²) in [5, 5.41) is 12.4. The maximum absolute atomic E-state index is 14.4. The maximum atomic E-state index is 14.4. The van der Waals surface area contributed by atoms with E-state index in [4.69, 9.17) is 4.74 Å². The van der Waals surface area contributed by atoms with Crippen LogP contribution in [0, 0.1) is 5.82 Å². The first-order chi connectivity index (χ1) is 12.0. The molecule has 2 heterocycles. The number of nitrogens with one attached hydrogen (secondary N) is 1. The number of carbonyl (C=O) groups excluding carboxylic acids is 1. The number of anilines is 1. The van der Waals surface area contributed by atoms with E-state index in [1.165, 1.54) is 6.07 Å². The van der Waals surface area contributed by atoms with Crippen LogP contribution >= 0.6 is 0 Å². The summed E-state index contributed by atoms with van der Waals surface area (Å²) < 4.78 is 19.8. The predicted molar refractivity (Wildman–Crippen MR) is 93.6 cm³/mol. The summed E-state index contributed by atoms with van der Waals surface area (Å²) in [6.07, 6.45) is 2.59. The summed E-state index contributed by atoms with van der Waals surface area (Å²) in [5.74, 6) is 0.240. The van der Waals surface area contributed by atoms with E-state index < -0.39 is 0 Å². The first-order valence-corrected chi connectivity index (χ1v) is 8.87. The van der Waals surface area contributed by atoms with E-state index in [0.717, 1.165) is 12.0 Å². The Morgan fingerprint density at radius 2 is 2.16 bits per heavy atom. The zero-order valence-electron chi connectivity index (χ0n) is 14.6. The molecule has 0 aromatic heterocycles. The van der Waals surface area contributed by atoms with Crippen molar-refractivity contribution in [3.8, 4) is 0 Å². The number of rotatable bonds is 4. The minimum Gasteiger partial charge on any atom is -0.498 e. The lowest BCUT2D eigenvalue weighted by Gasteiger charge is -2.31. The Morgan fingerprint density at radius 1 is 1.40 bits per heavy atom. The highest BCUT2D eigenvalue weighted by Gasteiger charge is 2.20. The third-order valence-electron chi connectivity index (χ3n) is 4.86. The van der Waals surface area contributed by atoms with Crippen LogP contribution in [-0.2, 0) is 16.1 Å². The largest absolute Gasteiger partial charge is 0.498 e. The lowest BCUT2D eigenvalue weighted by atomic mass is 10.1. The molecule has 2 aliphatic rings. The molecule has 1 amide bonds. The van der Waals surface area contributed by atoms with Crippen LogP contribution in [0.2, 0.25) is 0 Å². The molecule has 1 aromatic carbocycles. The normalized spacial score (nSPS) is 18.9. The smallest absolute Gasteiger partial charge is 0.250 e. The van der Waals surface area contributed by atoms with Crippen LogP contribution < -0.4 is 10.2 Å². The molecule has 6 heteroatoms. The van der Waals surface area contributed by atoms with Gasteiger partial charge < -0.3 is 20.1 Å². The van der Waals surface area contributed by atoms with Crippen molar-refractivity contribution in [3.05, 3.63) is 40.9 Å². The number of piperidine rings is 1. The number of carbonyl (C=O) groups is 1. The van der Waals surface area contributed by atoms with Gasteiger partial charge in [0.1, 0.15) is 11.6 Å². The molecular formula is C19H25FN2O3. The molecular weight excluding hydrogens is 323 g/mol. The summed E-state index contributed by atoms with van der Waals surface area (Å²) in [4.78, 5) is 14.2. The molecule has 0 unspecified atom stereocenters. The van der Waals surface area contributed by atoms with Gasteiger partial charge in [-0.2, -0.15) is 0 Å². The van der Waals surface area contributed by atoms with Crippen molar-refractivity contribution in [2.45, 2.75) is 45.3 Å². The monoisotopic (exact) mass is 348 g/mol. The van der Waals surface area contributed by atoms with Crippen molar-refractivity contribution in [2.24, 2.45) is 0 Å². The van der Waals surface area contributed by atoms with Crippen LogP contribution in [0.1, 0.15) is 38.2 Å². The summed E-state index contributed by atoms with van der Waals surface area (Å²) in [6, 6.07) is 5.06. The van der Waals surface area contributed by atoms with Crippen molar-refractivity contribution in [1.29, 1.82) is 0 Å².